The van der Waals surface area contributed by atoms with Gasteiger partial charge in [-0.25, -0.2) is 14.6 Å². The second kappa shape index (κ2) is 4.97. The first-order chi connectivity index (χ1) is 11.4. The van der Waals surface area contributed by atoms with Crippen molar-refractivity contribution in [3.05, 3.63) is 36.4 Å². The van der Waals surface area contributed by atoms with E-state index in [1.165, 1.54) is 12.8 Å². The molecule has 1 unspecified atom stereocenters. The van der Waals surface area contributed by atoms with E-state index in [0.29, 0.717) is 17.6 Å². The molecule has 4 heterocycles. The van der Waals surface area contributed by atoms with E-state index in [9.17, 15) is 0 Å². The molecule has 7 heteroatoms. The molecule has 2 aliphatic rings. The molecule has 3 aromatic rings. The average Bonchev–Trinajstić information content (AvgIpc) is 3.13. The van der Waals surface area contributed by atoms with Crippen molar-refractivity contribution in [1.29, 1.82) is 0 Å². The highest BCUT2D eigenvalue weighted by Crippen LogP contribution is 2.39. The molecule has 1 atom stereocenters. The summed E-state index contributed by atoms with van der Waals surface area (Å²) in [5.41, 5.74) is 2.69. The maximum Gasteiger partial charge on any atom is 0.180 e. The second-order valence-corrected chi connectivity index (χ2v) is 6.35. The zero-order chi connectivity index (χ0) is 15.2. The molecule has 1 saturated heterocycles. The van der Waals surface area contributed by atoms with Crippen LogP contribution in [0.4, 0.5) is 5.82 Å². The third-order valence-electron chi connectivity index (χ3n) is 4.70. The lowest BCUT2D eigenvalue weighted by Gasteiger charge is -2.17. The van der Waals surface area contributed by atoms with Gasteiger partial charge in [0.1, 0.15) is 11.3 Å². The van der Waals surface area contributed by atoms with Gasteiger partial charge in [-0.15, -0.1) is 5.10 Å². The molecule has 7 nitrogen and oxygen atoms in total. The molecule has 5 rings (SSSR count). The smallest absolute Gasteiger partial charge is 0.180 e. The van der Waals surface area contributed by atoms with Crippen LogP contribution in [0.5, 0.6) is 0 Å². The summed E-state index contributed by atoms with van der Waals surface area (Å²) in [5, 5.41) is 8.66. The Morgan fingerprint density at radius 2 is 1.96 bits per heavy atom. The molecular formula is C16H17N7. The van der Waals surface area contributed by atoms with E-state index < -0.39 is 0 Å². The Kier molecular flexibility index (Phi) is 2.79. The highest BCUT2D eigenvalue weighted by atomic mass is 15.4. The normalized spacial score (nSPS) is 21.2. The Morgan fingerprint density at radius 3 is 2.87 bits per heavy atom. The number of rotatable bonds is 3. The highest BCUT2D eigenvalue weighted by molar-refractivity contribution is 5.71. The van der Waals surface area contributed by atoms with Crippen molar-refractivity contribution in [3.63, 3.8) is 0 Å². The van der Waals surface area contributed by atoms with Gasteiger partial charge in [0.05, 0.1) is 11.7 Å². The Bertz CT molecular complexity index is 854. The van der Waals surface area contributed by atoms with Crippen LogP contribution in [0.25, 0.3) is 11.2 Å². The first-order valence-electron chi connectivity index (χ1n) is 8.11. The van der Waals surface area contributed by atoms with Crippen LogP contribution in [-0.2, 0) is 0 Å². The van der Waals surface area contributed by atoms with E-state index >= 15 is 0 Å². The molecule has 1 saturated carbocycles. The van der Waals surface area contributed by atoms with Gasteiger partial charge in [-0.1, -0.05) is 5.21 Å². The molecule has 23 heavy (non-hydrogen) atoms. The van der Waals surface area contributed by atoms with Gasteiger partial charge in [-0.2, -0.15) is 0 Å². The Hall–Kier alpha value is -2.57. The third kappa shape index (κ3) is 2.32. The SMILES string of the molecule is c1cnc2nc(N3CCC(n4cc(C5CC5)nn4)C3)ccc2n1. The number of nitrogens with zero attached hydrogens (tertiary/aromatic N) is 7. The van der Waals surface area contributed by atoms with Gasteiger partial charge in [0.2, 0.25) is 0 Å². The fraction of sp³-hybridized carbons (Fsp3) is 0.438. The van der Waals surface area contributed by atoms with E-state index in [1.54, 1.807) is 12.4 Å². The molecule has 0 spiro atoms. The van der Waals surface area contributed by atoms with Crippen LogP contribution in [0.15, 0.2) is 30.7 Å². The molecular weight excluding hydrogens is 290 g/mol. The highest BCUT2D eigenvalue weighted by Gasteiger charge is 2.30. The summed E-state index contributed by atoms with van der Waals surface area (Å²) in [6.45, 7) is 1.88. The monoisotopic (exact) mass is 307 g/mol. The van der Waals surface area contributed by atoms with Gasteiger partial charge in [-0.05, 0) is 31.4 Å². The molecule has 116 valence electrons. The zero-order valence-corrected chi connectivity index (χ0v) is 12.7. The predicted molar refractivity (Wildman–Crippen MR) is 85.2 cm³/mol. The maximum absolute atomic E-state index is 4.64. The van der Waals surface area contributed by atoms with Crippen LogP contribution < -0.4 is 4.90 Å². The van der Waals surface area contributed by atoms with Crippen molar-refractivity contribution >= 4 is 17.0 Å². The van der Waals surface area contributed by atoms with Crippen molar-refractivity contribution in [1.82, 2.24) is 29.9 Å². The first kappa shape index (κ1) is 12.9. The lowest BCUT2D eigenvalue weighted by molar-refractivity contribution is 0.479. The zero-order valence-electron chi connectivity index (χ0n) is 12.7. The van der Waals surface area contributed by atoms with Crippen molar-refractivity contribution in [3.8, 4) is 0 Å². The molecule has 2 fully saturated rings. The molecule has 0 aromatic carbocycles. The van der Waals surface area contributed by atoms with E-state index in [0.717, 1.165) is 36.5 Å². The van der Waals surface area contributed by atoms with E-state index in [2.05, 4.69) is 36.4 Å². The fourth-order valence-corrected chi connectivity index (χ4v) is 3.22. The number of hydrogen-bond donors (Lipinski definition) is 0. The fourth-order valence-electron chi connectivity index (χ4n) is 3.22. The molecule has 0 radical (unpaired) electrons. The number of pyridine rings is 1. The van der Waals surface area contributed by atoms with Crippen LogP contribution in [0.3, 0.4) is 0 Å². The molecule has 0 bridgehead atoms. The van der Waals surface area contributed by atoms with Gasteiger partial charge >= 0.3 is 0 Å². The quantitative estimate of drug-likeness (QED) is 0.736. The van der Waals surface area contributed by atoms with Crippen molar-refractivity contribution in [2.24, 2.45) is 0 Å². The van der Waals surface area contributed by atoms with Crippen LogP contribution in [0, 0.1) is 0 Å². The minimum atomic E-state index is 0.370. The van der Waals surface area contributed by atoms with E-state index in [1.807, 2.05) is 16.8 Å². The number of fused-ring (bicyclic) bond motifs is 1. The molecule has 1 aliphatic carbocycles. The Morgan fingerprint density at radius 1 is 1.04 bits per heavy atom. The number of aromatic nitrogens is 6. The molecule has 3 aromatic heterocycles. The van der Waals surface area contributed by atoms with E-state index in [-0.39, 0.29) is 0 Å². The third-order valence-corrected chi connectivity index (χ3v) is 4.70. The summed E-state index contributed by atoms with van der Waals surface area (Å²) in [5.74, 6) is 1.62. The topological polar surface area (TPSA) is 72.6 Å². The van der Waals surface area contributed by atoms with Crippen molar-refractivity contribution < 1.29 is 0 Å². The average molecular weight is 307 g/mol. The van der Waals surface area contributed by atoms with Crippen molar-refractivity contribution in [2.45, 2.75) is 31.2 Å². The summed E-state index contributed by atoms with van der Waals surface area (Å²) in [6, 6.07) is 4.38. The van der Waals surface area contributed by atoms with E-state index in [4.69, 9.17) is 0 Å². The standard InChI is InChI=1S/C16H17N7/c1-2-11(1)14-10-23(21-20-14)12-5-8-22(9-12)15-4-3-13-16(19-15)18-7-6-17-13/h3-4,6-7,10-12H,1-2,5,8-9H2. The molecule has 1 aliphatic heterocycles. The van der Waals surface area contributed by atoms with Gasteiger partial charge in [0.25, 0.3) is 0 Å². The van der Waals surface area contributed by atoms with Gasteiger partial charge in [0, 0.05) is 37.6 Å². The lowest BCUT2D eigenvalue weighted by atomic mass is 10.2. The van der Waals surface area contributed by atoms with Crippen molar-refractivity contribution in [2.75, 3.05) is 18.0 Å². The second-order valence-electron chi connectivity index (χ2n) is 6.35. The first-order valence-corrected chi connectivity index (χ1v) is 8.11. The Labute approximate surface area is 133 Å². The number of anilines is 1. The largest absolute Gasteiger partial charge is 0.354 e. The predicted octanol–water partition coefficient (Wildman–Crippen LogP) is 1.95. The number of hydrogen-bond acceptors (Lipinski definition) is 6. The van der Waals surface area contributed by atoms with Gasteiger partial charge < -0.3 is 4.90 Å². The molecule has 0 N–H and O–H groups in total. The van der Waals surface area contributed by atoms with Crippen LogP contribution in [0.1, 0.15) is 36.9 Å². The maximum atomic E-state index is 4.64. The van der Waals surface area contributed by atoms with Gasteiger partial charge in [0.15, 0.2) is 5.65 Å². The summed E-state index contributed by atoms with van der Waals surface area (Å²) in [6.07, 6.45) is 9.09. The van der Waals surface area contributed by atoms with Gasteiger partial charge in [-0.3, -0.25) is 4.98 Å². The minimum Gasteiger partial charge on any atom is -0.354 e. The summed E-state index contributed by atoms with van der Waals surface area (Å²) < 4.78 is 2.04. The summed E-state index contributed by atoms with van der Waals surface area (Å²) in [7, 11) is 0. The van der Waals surface area contributed by atoms with Crippen LogP contribution in [0.2, 0.25) is 0 Å². The van der Waals surface area contributed by atoms with Crippen LogP contribution >= 0.6 is 0 Å². The van der Waals surface area contributed by atoms with Crippen LogP contribution in [-0.4, -0.2) is 43.0 Å². The Balaban J connectivity index is 1.37. The minimum absolute atomic E-state index is 0.370. The molecule has 0 amide bonds. The summed E-state index contributed by atoms with van der Waals surface area (Å²) in [4.78, 5) is 15.5. The lowest BCUT2D eigenvalue weighted by Crippen LogP contribution is -2.22. The summed E-state index contributed by atoms with van der Waals surface area (Å²) >= 11 is 0.